The Morgan fingerprint density at radius 2 is 2.00 bits per heavy atom. The summed E-state index contributed by atoms with van der Waals surface area (Å²) in [7, 11) is 1.61. The quantitative estimate of drug-likeness (QED) is 0.229. The Bertz CT molecular complexity index is 1140. The highest BCUT2D eigenvalue weighted by Gasteiger charge is 2.22. The molecule has 1 N–H and O–H groups in total. The normalized spacial score (nSPS) is 11.8. The van der Waals surface area contributed by atoms with Crippen molar-refractivity contribution in [1.29, 1.82) is 0 Å². The van der Waals surface area contributed by atoms with Crippen LogP contribution in [0.15, 0.2) is 47.6 Å². The number of non-ortho nitro benzene ring substituents is 1. The summed E-state index contributed by atoms with van der Waals surface area (Å²) in [6, 6.07) is 11.5. The molecule has 0 bridgehead atoms. The van der Waals surface area contributed by atoms with E-state index >= 15 is 0 Å². The van der Waals surface area contributed by atoms with Crippen molar-refractivity contribution >= 4 is 40.6 Å². The molecule has 0 saturated carbocycles. The number of methoxy groups -OCH3 is 1. The van der Waals surface area contributed by atoms with E-state index in [4.69, 9.17) is 16.3 Å². The zero-order chi connectivity index (χ0) is 24.0. The van der Waals surface area contributed by atoms with Crippen molar-refractivity contribution in [3.8, 4) is 17.1 Å². The van der Waals surface area contributed by atoms with E-state index in [1.54, 1.807) is 14.0 Å². The minimum Gasteiger partial charge on any atom is -0.497 e. The van der Waals surface area contributed by atoms with Crippen LogP contribution in [0.1, 0.15) is 26.7 Å². The standard InChI is InChI=1S/C22H24ClN5O4S/c1-4-5-12-27-20(15-6-9-17(32-3)10-7-15)25-26-22(27)33-14(2)21(29)24-19-13-16(28(30)31)8-11-18(19)23/h6-11,13-14H,4-5,12H2,1-3H3,(H,24,29). The molecule has 0 aliphatic heterocycles. The number of nitrogens with one attached hydrogen (secondary N) is 1. The molecule has 11 heteroatoms. The first-order chi connectivity index (χ1) is 15.8. The Morgan fingerprint density at radius 3 is 2.64 bits per heavy atom. The third-order valence-electron chi connectivity index (χ3n) is 4.87. The molecule has 1 aromatic heterocycles. The Hall–Kier alpha value is -3.11. The SMILES string of the molecule is CCCCn1c(SC(C)C(=O)Nc2cc([N+](=O)[O-])ccc2Cl)nnc1-c1ccc(OC)cc1. The van der Waals surface area contributed by atoms with E-state index in [9.17, 15) is 14.9 Å². The number of nitro groups is 1. The van der Waals surface area contributed by atoms with Crippen LogP contribution >= 0.6 is 23.4 Å². The van der Waals surface area contributed by atoms with Crippen LogP contribution in [0.3, 0.4) is 0 Å². The van der Waals surface area contributed by atoms with E-state index in [1.807, 2.05) is 28.8 Å². The van der Waals surface area contributed by atoms with Crippen molar-refractivity contribution in [2.75, 3.05) is 12.4 Å². The number of thioether (sulfide) groups is 1. The Balaban J connectivity index is 1.80. The first-order valence-electron chi connectivity index (χ1n) is 10.3. The largest absolute Gasteiger partial charge is 0.497 e. The average molecular weight is 490 g/mol. The summed E-state index contributed by atoms with van der Waals surface area (Å²) in [5, 5.41) is 22.7. The van der Waals surface area contributed by atoms with Crippen LogP contribution in [0.25, 0.3) is 11.4 Å². The lowest BCUT2D eigenvalue weighted by molar-refractivity contribution is -0.384. The maximum atomic E-state index is 12.8. The second-order valence-corrected chi connectivity index (χ2v) is 8.93. The van der Waals surface area contributed by atoms with Crippen LogP contribution in [0.4, 0.5) is 11.4 Å². The summed E-state index contributed by atoms with van der Waals surface area (Å²) < 4.78 is 7.22. The van der Waals surface area contributed by atoms with Crippen molar-refractivity contribution in [2.45, 2.75) is 43.6 Å². The number of ether oxygens (including phenoxy) is 1. The molecule has 0 aliphatic rings. The summed E-state index contributed by atoms with van der Waals surface area (Å²) in [6.07, 6.45) is 1.92. The number of nitro benzene ring substituents is 1. The predicted molar refractivity (Wildman–Crippen MR) is 129 cm³/mol. The zero-order valence-corrected chi connectivity index (χ0v) is 20.0. The van der Waals surface area contributed by atoms with E-state index in [1.165, 1.54) is 30.0 Å². The molecule has 0 radical (unpaired) electrons. The summed E-state index contributed by atoms with van der Waals surface area (Å²) in [6.45, 7) is 4.54. The Kier molecular flexibility index (Phi) is 8.29. The lowest BCUT2D eigenvalue weighted by Gasteiger charge is -2.14. The van der Waals surface area contributed by atoms with Crippen LogP contribution in [-0.2, 0) is 11.3 Å². The molecule has 0 aliphatic carbocycles. The number of carbonyl (C=O) groups excluding carboxylic acids is 1. The van der Waals surface area contributed by atoms with Gasteiger partial charge in [0.25, 0.3) is 5.69 Å². The molecule has 3 rings (SSSR count). The molecule has 1 atom stereocenters. The van der Waals surface area contributed by atoms with Crippen molar-refractivity contribution in [3.63, 3.8) is 0 Å². The molecule has 33 heavy (non-hydrogen) atoms. The van der Waals surface area contributed by atoms with Gasteiger partial charge in [0, 0.05) is 24.2 Å². The summed E-state index contributed by atoms with van der Waals surface area (Å²) >= 11 is 7.37. The number of hydrogen-bond donors (Lipinski definition) is 1. The number of aromatic nitrogens is 3. The van der Waals surface area contributed by atoms with Gasteiger partial charge < -0.3 is 14.6 Å². The Morgan fingerprint density at radius 1 is 1.27 bits per heavy atom. The number of anilines is 1. The summed E-state index contributed by atoms with van der Waals surface area (Å²) in [4.78, 5) is 23.3. The first-order valence-corrected chi connectivity index (χ1v) is 11.6. The molecular weight excluding hydrogens is 466 g/mol. The van der Waals surface area contributed by atoms with Crippen LogP contribution in [0, 0.1) is 10.1 Å². The number of amides is 1. The van der Waals surface area contributed by atoms with Gasteiger partial charge in [-0.3, -0.25) is 14.9 Å². The molecule has 0 spiro atoms. The van der Waals surface area contributed by atoms with Gasteiger partial charge in [-0.05, 0) is 43.7 Å². The average Bonchev–Trinajstić information content (AvgIpc) is 3.20. The minimum absolute atomic E-state index is 0.154. The molecule has 0 fully saturated rings. The van der Waals surface area contributed by atoms with Gasteiger partial charge in [0.2, 0.25) is 5.91 Å². The van der Waals surface area contributed by atoms with Gasteiger partial charge in [-0.15, -0.1) is 10.2 Å². The van der Waals surface area contributed by atoms with Crippen molar-refractivity contribution in [3.05, 3.63) is 57.6 Å². The van der Waals surface area contributed by atoms with Gasteiger partial charge in [-0.25, -0.2) is 0 Å². The van der Waals surface area contributed by atoms with Crippen molar-refractivity contribution in [1.82, 2.24) is 14.8 Å². The molecule has 9 nitrogen and oxygen atoms in total. The maximum absolute atomic E-state index is 12.8. The lowest BCUT2D eigenvalue weighted by Crippen LogP contribution is -2.23. The number of benzene rings is 2. The lowest BCUT2D eigenvalue weighted by atomic mass is 10.2. The predicted octanol–water partition coefficient (Wildman–Crippen LogP) is 5.43. The molecule has 1 heterocycles. The number of nitrogens with zero attached hydrogens (tertiary/aromatic N) is 4. The van der Waals surface area contributed by atoms with E-state index in [2.05, 4.69) is 22.4 Å². The van der Waals surface area contributed by atoms with E-state index in [-0.39, 0.29) is 22.3 Å². The van der Waals surface area contributed by atoms with Gasteiger partial charge in [-0.1, -0.05) is 36.7 Å². The van der Waals surface area contributed by atoms with Gasteiger partial charge in [-0.2, -0.15) is 0 Å². The van der Waals surface area contributed by atoms with Crippen LogP contribution < -0.4 is 10.1 Å². The topological polar surface area (TPSA) is 112 Å². The molecule has 1 unspecified atom stereocenters. The van der Waals surface area contributed by atoms with Crippen LogP contribution in [-0.4, -0.2) is 38.0 Å². The molecule has 0 saturated heterocycles. The molecule has 2 aromatic carbocycles. The fraction of sp³-hybridized carbons (Fsp3) is 0.318. The van der Waals surface area contributed by atoms with Crippen molar-refractivity contribution < 1.29 is 14.5 Å². The molecule has 174 valence electrons. The maximum Gasteiger partial charge on any atom is 0.271 e. The number of carbonyl (C=O) groups is 1. The van der Waals surface area contributed by atoms with E-state index in [0.717, 1.165) is 24.2 Å². The highest BCUT2D eigenvalue weighted by molar-refractivity contribution is 8.00. The second-order valence-electron chi connectivity index (χ2n) is 7.21. The number of unbranched alkanes of at least 4 members (excludes halogenated alkanes) is 1. The first kappa shape index (κ1) is 24.5. The second kappa shape index (κ2) is 11.2. The minimum atomic E-state index is -0.548. The number of rotatable bonds is 10. The molecular formula is C22H24ClN5O4S. The number of hydrogen-bond acceptors (Lipinski definition) is 7. The third-order valence-corrected chi connectivity index (χ3v) is 6.28. The van der Waals surface area contributed by atoms with E-state index in [0.29, 0.717) is 17.5 Å². The molecule has 1 amide bonds. The van der Waals surface area contributed by atoms with Gasteiger partial charge in [0.15, 0.2) is 11.0 Å². The van der Waals surface area contributed by atoms with Crippen molar-refractivity contribution in [2.24, 2.45) is 0 Å². The fourth-order valence-electron chi connectivity index (χ4n) is 3.02. The van der Waals surface area contributed by atoms with Gasteiger partial charge in [0.1, 0.15) is 5.75 Å². The summed E-state index contributed by atoms with van der Waals surface area (Å²) in [5.41, 5.74) is 0.930. The number of halogens is 1. The highest BCUT2D eigenvalue weighted by Crippen LogP contribution is 2.31. The summed E-state index contributed by atoms with van der Waals surface area (Å²) in [5.74, 6) is 1.11. The Labute approximate surface area is 200 Å². The highest BCUT2D eigenvalue weighted by atomic mass is 35.5. The van der Waals surface area contributed by atoms with Crippen LogP contribution in [0.5, 0.6) is 5.75 Å². The van der Waals surface area contributed by atoms with Crippen LogP contribution in [0.2, 0.25) is 5.02 Å². The van der Waals surface area contributed by atoms with Gasteiger partial charge in [0.05, 0.1) is 28.0 Å². The monoisotopic (exact) mass is 489 g/mol. The zero-order valence-electron chi connectivity index (χ0n) is 18.4. The van der Waals surface area contributed by atoms with Gasteiger partial charge >= 0.3 is 0 Å². The smallest absolute Gasteiger partial charge is 0.271 e. The van der Waals surface area contributed by atoms with E-state index < -0.39 is 10.2 Å². The fourth-order valence-corrected chi connectivity index (χ4v) is 4.06. The third kappa shape index (κ3) is 6.02. The molecule has 3 aromatic rings.